The number of hydrogen-bond donors (Lipinski definition) is 1. The summed E-state index contributed by atoms with van der Waals surface area (Å²) in [6.45, 7) is 4.14. The molecular weight excluding hydrogens is 252 g/mol. The molecule has 1 aromatic rings. The Labute approximate surface area is 108 Å². The summed E-state index contributed by atoms with van der Waals surface area (Å²) in [5.74, 6) is 0. The van der Waals surface area contributed by atoms with E-state index in [1.165, 1.54) is 10.9 Å². The first-order valence-electron chi connectivity index (χ1n) is 6.28. The van der Waals surface area contributed by atoms with E-state index in [2.05, 4.69) is 10.4 Å². The summed E-state index contributed by atoms with van der Waals surface area (Å²) in [4.78, 5) is 0. The summed E-state index contributed by atoms with van der Waals surface area (Å²) in [5.41, 5.74) is 0. The maximum Gasteiger partial charge on any atom is 0.260 e. The SMILES string of the molecule is CCN(C1CCNCC1)S(=O)(=O)c1ccnn1C. The van der Waals surface area contributed by atoms with Gasteiger partial charge in [-0.05, 0) is 32.0 Å². The molecule has 1 fully saturated rings. The number of nitrogens with zero attached hydrogens (tertiary/aromatic N) is 3. The number of nitrogens with one attached hydrogen (secondary N) is 1. The van der Waals surface area contributed by atoms with Gasteiger partial charge in [-0.15, -0.1) is 0 Å². The van der Waals surface area contributed by atoms with Crippen molar-refractivity contribution in [1.82, 2.24) is 19.4 Å². The van der Waals surface area contributed by atoms with Crippen LogP contribution in [-0.2, 0) is 17.1 Å². The third kappa shape index (κ3) is 2.43. The van der Waals surface area contributed by atoms with E-state index >= 15 is 0 Å². The Kier molecular flexibility index (Phi) is 4.04. The zero-order chi connectivity index (χ0) is 13.2. The van der Waals surface area contributed by atoms with Gasteiger partial charge in [-0.1, -0.05) is 6.92 Å². The lowest BCUT2D eigenvalue weighted by Crippen LogP contribution is -2.46. The van der Waals surface area contributed by atoms with Crippen molar-refractivity contribution in [1.29, 1.82) is 0 Å². The third-order valence-electron chi connectivity index (χ3n) is 3.38. The van der Waals surface area contributed by atoms with Crippen LogP contribution < -0.4 is 5.32 Å². The topological polar surface area (TPSA) is 67.2 Å². The predicted octanol–water partition coefficient (Wildman–Crippen LogP) is 0.183. The lowest BCUT2D eigenvalue weighted by molar-refractivity contribution is 0.269. The Morgan fingerprint density at radius 3 is 2.67 bits per heavy atom. The molecular formula is C11H20N4O2S. The molecule has 7 heteroatoms. The minimum Gasteiger partial charge on any atom is -0.317 e. The molecule has 0 amide bonds. The molecule has 0 saturated carbocycles. The minimum absolute atomic E-state index is 0.0937. The molecule has 1 aliphatic rings. The maximum absolute atomic E-state index is 12.6. The summed E-state index contributed by atoms with van der Waals surface area (Å²) < 4.78 is 28.2. The highest BCUT2D eigenvalue weighted by Crippen LogP contribution is 2.21. The number of piperidine rings is 1. The average molecular weight is 272 g/mol. The molecule has 0 atom stereocenters. The molecule has 18 heavy (non-hydrogen) atoms. The van der Waals surface area contributed by atoms with Gasteiger partial charge in [-0.3, -0.25) is 4.68 Å². The van der Waals surface area contributed by atoms with Gasteiger partial charge in [-0.25, -0.2) is 8.42 Å². The van der Waals surface area contributed by atoms with E-state index in [9.17, 15) is 8.42 Å². The molecule has 0 unspecified atom stereocenters. The summed E-state index contributed by atoms with van der Waals surface area (Å²) in [5, 5.41) is 7.46. The largest absolute Gasteiger partial charge is 0.317 e. The molecule has 6 nitrogen and oxygen atoms in total. The van der Waals surface area contributed by atoms with Crippen LogP contribution in [0.3, 0.4) is 0 Å². The van der Waals surface area contributed by atoms with Gasteiger partial charge in [-0.2, -0.15) is 9.40 Å². The first kappa shape index (κ1) is 13.5. The van der Waals surface area contributed by atoms with Crippen LogP contribution in [-0.4, -0.2) is 48.2 Å². The minimum atomic E-state index is -3.43. The fourth-order valence-corrected chi connectivity index (χ4v) is 4.25. The van der Waals surface area contributed by atoms with Gasteiger partial charge in [0, 0.05) is 19.6 Å². The molecule has 0 aromatic carbocycles. The standard InChI is InChI=1S/C11H20N4O2S/c1-3-15(10-4-7-12-8-5-10)18(16,17)11-6-9-13-14(11)2/h6,9-10,12H,3-5,7-8H2,1-2H3. The highest BCUT2D eigenvalue weighted by atomic mass is 32.2. The zero-order valence-corrected chi connectivity index (χ0v) is 11.7. The lowest BCUT2D eigenvalue weighted by Gasteiger charge is -2.32. The molecule has 0 bridgehead atoms. The van der Waals surface area contributed by atoms with E-state index in [0.29, 0.717) is 6.54 Å². The van der Waals surface area contributed by atoms with Crippen LogP contribution in [0.5, 0.6) is 0 Å². The number of sulfonamides is 1. The van der Waals surface area contributed by atoms with Gasteiger partial charge in [0.25, 0.3) is 10.0 Å². The summed E-state index contributed by atoms with van der Waals surface area (Å²) in [6, 6.07) is 1.65. The number of hydrogen-bond acceptors (Lipinski definition) is 4. The van der Waals surface area contributed by atoms with Crippen molar-refractivity contribution in [3.05, 3.63) is 12.3 Å². The molecule has 1 aromatic heterocycles. The van der Waals surface area contributed by atoms with E-state index in [0.717, 1.165) is 25.9 Å². The predicted molar refractivity (Wildman–Crippen MR) is 68.7 cm³/mol. The molecule has 0 aliphatic carbocycles. The van der Waals surface area contributed by atoms with Crippen LogP contribution in [0.1, 0.15) is 19.8 Å². The second kappa shape index (κ2) is 5.38. The normalized spacial score (nSPS) is 18.4. The summed E-state index contributed by atoms with van der Waals surface area (Å²) in [6.07, 6.45) is 3.25. The highest BCUT2D eigenvalue weighted by Gasteiger charge is 2.32. The Morgan fingerprint density at radius 2 is 2.17 bits per heavy atom. The van der Waals surface area contributed by atoms with Gasteiger partial charge >= 0.3 is 0 Å². The van der Waals surface area contributed by atoms with Crippen LogP contribution in [0.4, 0.5) is 0 Å². The van der Waals surface area contributed by atoms with Crippen LogP contribution in [0.2, 0.25) is 0 Å². The van der Waals surface area contributed by atoms with E-state index in [4.69, 9.17) is 0 Å². The quantitative estimate of drug-likeness (QED) is 0.849. The molecule has 0 spiro atoms. The first-order valence-corrected chi connectivity index (χ1v) is 7.72. The monoisotopic (exact) mass is 272 g/mol. The number of aromatic nitrogens is 2. The first-order chi connectivity index (χ1) is 8.57. The molecule has 2 heterocycles. The van der Waals surface area contributed by atoms with Gasteiger partial charge < -0.3 is 5.32 Å². The fraction of sp³-hybridized carbons (Fsp3) is 0.727. The van der Waals surface area contributed by atoms with E-state index < -0.39 is 10.0 Å². The lowest BCUT2D eigenvalue weighted by atomic mass is 10.1. The van der Waals surface area contributed by atoms with Crippen molar-refractivity contribution in [2.45, 2.75) is 30.8 Å². The molecule has 1 N–H and O–H groups in total. The highest BCUT2D eigenvalue weighted by molar-refractivity contribution is 7.89. The smallest absolute Gasteiger partial charge is 0.260 e. The van der Waals surface area contributed by atoms with Crippen LogP contribution in [0, 0.1) is 0 Å². The van der Waals surface area contributed by atoms with Crippen LogP contribution in [0.25, 0.3) is 0 Å². The second-order valence-corrected chi connectivity index (χ2v) is 6.32. The van der Waals surface area contributed by atoms with Crippen molar-refractivity contribution < 1.29 is 8.42 Å². The van der Waals surface area contributed by atoms with E-state index in [-0.39, 0.29) is 11.1 Å². The Morgan fingerprint density at radius 1 is 1.50 bits per heavy atom. The van der Waals surface area contributed by atoms with E-state index in [1.54, 1.807) is 17.4 Å². The van der Waals surface area contributed by atoms with Gasteiger partial charge in [0.1, 0.15) is 0 Å². The summed E-state index contributed by atoms with van der Waals surface area (Å²) in [7, 11) is -1.78. The maximum atomic E-state index is 12.6. The van der Waals surface area contributed by atoms with Gasteiger partial charge in [0.15, 0.2) is 5.03 Å². The number of aryl methyl sites for hydroxylation is 1. The van der Waals surface area contributed by atoms with Gasteiger partial charge in [0.2, 0.25) is 0 Å². The van der Waals surface area contributed by atoms with E-state index in [1.807, 2.05) is 6.92 Å². The molecule has 1 aliphatic heterocycles. The van der Waals surface area contributed by atoms with Crippen LogP contribution in [0.15, 0.2) is 17.3 Å². The second-order valence-electron chi connectivity index (χ2n) is 4.48. The van der Waals surface area contributed by atoms with Crippen molar-refractivity contribution >= 4 is 10.0 Å². The average Bonchev–Trinajstić information content (AvgIpc) is 2.78. The Balaban J connectivity index is 2.29. The molecule has 1 saturated heterocycles. The zero-order valence-electron chi connectivity index (χ0n) is 10.8. The van der Waals surface area contributed by atoms with Gasteiger partial charge in [0.05, 0.1) is 6.20 Å². The molecule has 2 rings (SSSR count). The van der Waals surface area contributed by atoms with Crippen molar-refractivity contribution in [2.75, 3.05) is 19.6 Å². The van der Waals surface area contributed by atoms with Crippen molar-refractivity contribution in [3.8, 4) is 0 Å². The molecule has 102 valence electrons. The molecule has 0 radical (unpaired) electrons. The van der Waals surface area contributed by atoms with Crippen molar-refractivity contribution in [2.24, 2.45) is 7.05 Å². The summed E-state index contributed by atoms with van der Waals surface area (Å²) >= 11 is 0. The number of rotatable bonds is 4. The third-order valence-corrected chi connectivity index (χ3v) is 5.48. The fourth-order valence-electron chi connectivity index (χ4n) is 2.45. The Bertz CT molecular complexity index is 491. The van der Waals surface area contributed by atoms with Crippen molar-refractivity contribution in [3.63, 3.8) is 0 Å². The Hall–Kier alpha value is -0.920. The van der Waals surface area contributed by atoms with Crippen LogP contribution >= 0.6 is 0 Å².